The van der Waals surface area contributed by atoms with E-state index in [0.717, 1.165) is 87.0 Å². The number of carbonyl (C=O) groups excluding carboxylic acids is 1. The first-order valence-electron chi connectivity index (χ1n) is 22.7. The van der Waals surface area contributed by atoms with Crippen molar-refractivity contribution in [1.82, 2.24) is 19.6 Å². The molecular formula is C49H55ClN8O7S. The van der Waals surface area contributed by atoms with Crippen molar-refractivity contribution < 1.29 is 27.6 Å². The molecule has 2 saturated heterocycles. The first-order valence-corrected chi connectivity index (χ1v) is 24.6. The van der Waals surface area contributed by atoms with Crippen molar-refractivity contribution in [3.8, 4) is 5.88 Å². The van der Waals surface area contributed by atoms with Gasteiger partial charge in [0.15, 0.2) is 5.65 Å². The fraction of sp³-hybridized carbons (Fsp3) is 0.408. The fourth-order valence-electron chi connectivity index (χ4n) is 9.49. The Morgan fingerprint density at radius 3 is 2.52 bits per heavy atom. The number of allylic oxidation sites excluding steroid dienone is 1. The van der Waals surface area contributed by atoms with Gasteiger partial charge in [-0.15, -0.1) is 0 Å². The minimum absolute atomic E-state index is 0.103. The smallest absolute Gasteiger partial charge is 0.293 e. The van der Waals surface area contributed by atoms with Crippen LogP contribution in [0.1, 0.15) is 68.3 Å². The van der Waals surface area contributed by atoms with Gasteiger partial charge in [-0.3, -0.25) is 19.8 Å². The van der Waals surface area contributed by atoms with Crippen molar-refractivity contribution in [3.05, 3.63) is 117 Å². The molecule has 2 fully saturated rings. The monoisotopic (exact) mass is 934 g/mol. The predicted molar refractivity (Wildman–Crippen MR) is 258 cm³/mol. The SMILES string of the molecule is CC1(C)CCC(CN2CCN(c3ccc(C(=O)NS(=O)(=O)c4ccc(NCC5CCOCC5)c([N+](=O)[O-])c4)c(N4CCCOc5nc6ncccc6cc54)c3)CC2)=C(c2ccc(Cl)cc2)C1. The molecule has 0 saturated carbocycles. The van der Waals surface area contributed by atoms with Crippen LogP contribution in [0, 0.1) is 21.4 Å². The van der Waals surface area contributed by atoms with Crippen LogP contribution in [-0.4, -0.2) is 99.8 Å². The van der Waals surface area contributed by atoms with Crippen molar-refractivity contribution in [3.63, 3.8) is 0 Å². The van der Waals surface area contributed by atoms with Gasteiger partial charge in [0, 0.05) is 87.4 Å². The normalized spacial score (nSPS) is 18.3. The zero-order valence-electron chi connectivity index (χ0n) is 37.3. The lowest BCUT2D eigenvalue weighted by Gasteiger charge is -2.39. The molecule has 66 heavy (non-hydrogen) atoms. The van der Waals surface area contributed by atoms with Crippen LogP contribution in [0.25, 0.3) is 16.6 Å². The van der Waals surface area contributed by atoms with Gasteiger partial charge in [-0.05, 0) is 122 Å². The summed E-state index contributed by atoms with van der Waals surface area (Å²) in [6, 6.07) is 23.0. The first kappa shape index (κ1) is 45.4. The molecule has 0 unspecified atom stereocenters. The van der Waals surface area contributed by atoms with Gasteiger partial charge in [0.2, 0.25) is 5.88 Å². The standard InChI is InChI=1S/C49H55ClN8O7S/c1-49(2)17-14-36(41(30-49)34-6-8-37(50)9-7-34)32-55-20-22-56(23-21-55)38-10-12-40(43(28-38)57-19-4-24-65-48-45(57)27-35-5-3-18-51-46(35)53-48)47(59)54-66(62,63)39-11-13-42(44(29-39)58(60)61)52-31-33-15-25-64-26-16-33/h3,5-13,18,27-29,33,52H,4,14-17,19-26,30-32H2,1-2H3,(H,54,59). The molecule has 5 heterocycles. The van der Waals surface area contributed by atoms with E-state index >= 15 is 0 Å². The van der Waals surface area contributed by atoms with Crippen LogP contribution in [0.2, 0.25) is 5.02 Å². The highest BCUT2D eigenvalue weighted by Crippen LogP contribution is 2.44. The quantitative estimate of drug-likeness (QED) is 0.0899. The molecule has 0 bridgehead atoms. The molecule has 0 atom stereocenters. The number of hydrogen-bond donors (Lipinski definition) is 2. The number of rotatable bonds is 12. The minimum atomic E-state index is -4.58. The maximum atomic E-state index is 14.4. The van der Waals surface area contributed by atoms with Gasteiger partial charge in [-0.25, -0.2) is 18.1 Å². The topological polar surface area (TPSA) is 172 Å². The van der Waals surface area contributed by atoms with Gasteiger partial charge in [-0.1, -0.05) is 43.2 Å². The molecule has 4 aliphatic rings. The summed E-state index contributed by atoms with van der Waals surface area (Å²) in [4.78, 5) is 41.5. The molecule has 2 N–H and O–H groups in total. The maximum absolute atomic E-state index is 14.4. The molecular weight excluding hydrogens is 880 g/mol. The number of amides is 1. The number of carbonyl (C=O) groups is 1. The van der Waals surface area contributed by atoms with Crippen LogP contribution < -0.4 is 24.6 Å². The predicted octanol–water partition coefficient (Wildman–Crippen LogP) is 8.86. The van der Waals surface area contributed by atoms with E-state index in [2.05, 4.69) is 50.8 Å². The molecule has 0 radical (unpaired) electrons. The van der Waals surface area contributed by atoms with Crippen molar-refractivity contribution >= 4 is 72.6 Å². The largest absolute Gasteiger partial charge is 0.476 e. The molecule has 15 nitrogen and oxygen atoms in total. The van der Waals surface area contributed by atoms with Crippen LogP contribution in [0.15, 0.2) is 95.5 Å². The van der Waals surface area contributed by atoms with Gasteiger partial charge in [0.1, 0.15) is 11.4 Å². The second kappa shape index (κ2) is 19.2. The van der Waals surface area contributed by atoms with Crippen molar-refractivity contribution in [2.75, 3.05) is 80.8 Å². The highest BCUT2D eigenvalue weighted by Gasteiger charge is 2.32. The number of benzene rings is 3. The third kappa shape index (κ3) is 10.1. The molecule has 17 heteroatoms. The number of sulfonamides is 1. The molecule has 3 aliphatic heterocycles. The van der Waals surface area contributed by atoms with Gasteiger partial charge >= 0.3 is 0 Å². The van der Waals surface area contributed by atoms with Crippen LogP contribution in [0.4, 0.5) is 28.4 Å². The molecule has 0 spiro atoms. The lowest BCUT2D eigenvalue weighted by Crippen LogP contribution is -2.47. The molecule has 1 aliphatic carbocycles. The lowest BCUT2D eigenvalue weighted by atomic mass is 9.72. The molecule has 2 aromatic heterocycles. The zero-order valence-corrected chi connectivity index (χ0v) is 38.9. The third-order valence-electron chi connectivity index (χ3n) is 13.3. The summed E-state index contributed by atoms with van der Waals surface area (Å²) in [5.74, 6) is -0.256. The molecule has 1 amide bonds. The Labute approximate surface area is 390 Å². The van der Waals surface area contributed by atoms with Crippen molar-refractivity contribution in [2.24, 2.45) is 11.3 Å². The van der Waals surface area contributed by atoms with E-state index in [9.17, 15) is 23.3 Å². The molecule has 9 rings (SSSR count). The number of nitrogens with zero attached hydrogens (tertiary/aromatic N) is 6. The van der Waals surface area contributed by atoms with Gasteiger partial charge < -0.3 is 24.6 Å². The number of piperazine rings is 1. The average Bonchev–Trinajstić information content (AvgIpc) is 3.53. The van der Waals surface area contributed by atoms with Crippen molar-refractivity contribution in [1.29, 1.82) is 0 Å². The van der Waals surface area contributed by atoms with E-state index in [1.807, 2.05) is 47.4 Å². The summed E-state index contributed by atoms with van der Waals surface area (Å²) >= 11 is 6.27. The number of nitrogens with one attached hydrogen (secondary N) is 2. The number of fused-ring (bicyclic) bond motifs is 2. The summed E-state index contributed by atoms with van der Waals surface area (Å²) in [6.07, 6.45) is 7.10. The number of ether oxygens (including phenoxy) is 2. The number of hydrogen-bond acceptors (Lipinski definition) is 13. The second-order valence-corrected chi connectivity index (χ2v) is 20.5. The Kier molecular flexibility index (Phi) is 13.2. The van der Waals surface area contributed by atoms with E-state index in [1.54, 1.807) is 12.3 Å². The minimum Gasteiger partial charge on any atom is -0.476 e. The number of pyridine rings is 2. The van der Waals surface area contributed by atoms with E-state index in [-0.39, 0.29) is 22.6 Å². The number of nitro benzene ring substituents is 1. The summed E-state index contributed by atoms with van der Waals surface area (Å²) in [5.41, 5.74) is 6.73. The Bertz CT molecular complexity index is 2770. The molecule has 346 valence electrons. The van der Waals surface area contributed by atoms with E-state index in [1.165, 1.54) is 28.8 Å². The summed E-state index contributed by atoms with van der Waals surface area (Å²) in [5, 5.41) is 16.8. The van der Waals surface area contributed by atoms with E-state index < -0.39 is 31.4 Å². The zero-order chi connectivity index (χ0) is 46.0. The summed E-state index contributed by atoms with van der Waals surface area (Å²) in [7, 11) is -4.58. The van der Waals surface area contributed by atoms with Gasteiger partial charge in [0.25, 0.3) is 21.6 Å². The Morgan fingerprint density at radius 2 is 1.74 bits per heavy atom. The lowest BCUT2D eigenvalue weighted by molar-refractivity contribution is -0.384. The summed E-state index contributed by atoms with van der Waals surface area (Å²) in [6.45, 7) is 11.3. The molecule has 3 aromatic carbocycles. The first-order chi connectivity index (χ1) is 31.8. The van der Waals surface area contributed by atoms with Crippen molar-refractivity contribution in [2.45, 2.75) is 57.3 Å². The maximum Gasteiger partial charge on any atom is 0.293 e. The van der Waals surface area contributed by atoms with Gasteiger partial charge in [-0.2, -0.15) is 4.98 Å². The summed E-state index contributed by atoms with van der Waals surface area (Å²) < 4.78 is 41.7. The highest BCUT2D eigenvalue weighted by atomic mass is 35.5. The van der Waals surface area contributed by atoms with Gasteiger partial charge in [0.05, 0.1) is 27.7 Å². The second-order valence-electron chi connectivity index (χ2n) is 18.4. The number of anilines is 4. The highest BCUT2D eigenvalue weighted by molar-refractivity contribution is 7.90. The molecule has 5 aromatic rings. The number of nitro groups is 1. The van der Waals surface area contributed by atoms with E-state index in [0.29, 0.717) is 62.2 Å². The van der Waals surface area contributed by atoms with Crippen LogP contribution in [0.5, 0.6) is 5.88 Å². The van der Waals surface area contributed by atoms with Crippen LogP contribution >= 0.6 is 11.6 Å². The number of halogens is 1. The third-order valence-corrected chi connectivity index (χ3v) is 14.8. The number of aromatic nitrogens is 2. The van der Waals surface area contributed by atoms with Crippen LogP contribution in [0.3, 0.4) is 0 Å². The Hall–Kier alpha value is -5.81. The Morgan fingerprint density at radius 1 is 0.955 bits per heavy atom. The fourth-order valence-corrected chi connectivity index (χ4v) is 10.6. The van der Waals surface area contributed by atoms with E-state index in [4.69, 9.17) is 26.1 Å². The van der Waals surface area contributed by atoms with Crippen LogP contribution in [-0.2, 0) is 14.8 Å². The average molecular weight is 936 g/mol. The Balaban J connectivity index is 0.995.